The van der Waals surface area contributed by atoms with Gasteiger partial charge in [0.1, 0.15) is 5.69 Å². The van der Waals surface area contributed by atoms with Crippen LogP contribution in [0, 0.1) is 0 Å². The van der Waals surface area contributed by atoms with Gasteiger partial charge in [0.15, 0.2) is 5.13 Å². The fourth-order valence-corrected chi connectivity index (χ4v) is 4.36. The highest BCUT2D eigenvalue weighted by atomic mass is 32.2. The predicted octanol–water partition coefficient (Wildman–Crippen LogP) is 3.65. The smallest absolute Gasteiger partial charge is 0.238 e. The Bertz CT molecular complexity index is 959. The Morgan fingerprint density at radius 1 is 1.15 bits per heavy atom. The molecule has 130 valence electrons. The van der Waals surface area contributed by atoms with Gasteiger partial charge in [0.05, 0.1) is 16.6 Å². The van der Waals surface area contributed by atoms with Gasteiger partial charge < -0.3 is 10.6 Å². The molecule has 0 spiro atoms. The van der Waals surface area contributed by atoms with Crippen LogP contribution >= 0.6 is 23.1 Å². The van der Waals surface area contributed by atoms with E-state index in [0.29, 0.717) is 10.8 Å². The number of fused-ring (bicyclic) bond motifs is 1. The molecule has 2 aromatic heterocycles. The first-order valence-electron chi connectivity index (χ1n) is 7.92. The normalized spacial score (nSPS) is 15.8. The van der Waals surface area contributed by atoms with Gasteiger partial charge in [-0.05, 0) is 24.3 Å². The highest BCUT2D eigenvalue weighted by Crippen LogP contribution is 2.36. The summed E-state index contributed by atoms with van der Waals surface area (Å²) in [6, 6.07) is 13.2. The molecule has 6 nitrogen and oxygen atoms in total. The van der Waals surface area contributed by atoms with Gasteiger partial charge >= 0.3 is 0 Å². The van der Waals surface area contributed by atoms with Crippen molar-refractivity contribution in [2.45, 2.75) is 16.6 Å². The minimum atomic E-state index is -0.458. The van der Waals surface area contributed by atoms with Crippen molar-refractivity contribution in [1.82, 2.24) is 9.97 Å². The molecule has 1 aromatic carbocycles. The quantitative estimate of drug-likeness (QED) is 0.720. The average Bonchev–Trinajstić information content (AvgIpc) is 3.11. The molecule has 3 heterocycles. The summed E-state index contributed by atoms with van der Waals surface area (Å²) < 4.78 is 0. The van der Waals surface area contributed by atoms with E-state index in [4.69, 9.17) is 0 Å². The summed E-state index contributed by atoms with van der Waals surface area (Å²) in [4.78, 5) is 34.1. The standard InChI is InChI=1S/C18H14N4O2S2/c23-16(9-15-17(24)20-12-6-1-2-7-14(12)26-15)22-18-21-13(10-25-18)11-5-3-4-8-19-11/h1-8,10,15H,9H2,(H,20,24)(H,21,22,23)/t15-/m1/s1. The molecule has 1 atom stereocenters. The number of carbonyl (C=O) groups excluding carboxylic acids is 2. The molecule has 1 aliphatic rings. The monoisotopic (exact) mass is 382 g/mol. The Labute approximate surface area is 158 Å². The van der Waals surface area contributed by atoms with Gasteiger partial charge in [0.2, 0.25) is 11.8 Å². The van der Waals surface area contributed by atoms with Crippen LogP contribution in [0.4, 0.5) is 10.8 Å². The van der Waals surface area contributed by atoms with Crippen LogP contribution in [0.15, 0.2) is 58.9 Å². The Hall–Kier alpha value is -2.71. The molecule has 2 amide bonds. The van der Waals surface area contributed by atoms with Gasteiger partial charge in [-0.2, -0.15) is 0 Å². The lowest BCUT2D eigenvalue weighted by Gasteiger charge is -2.23. The third-order valence-corrected chi connectivity index (χ3v) is 5.79. The lowest BCUT2D eigenvalue weighted by Crippen LogP contribution is -2.32. The third kappa shape index (κ3) is 3.61. The van der Waals surface area contributed by atoms with Crippen LogP contribution in [0.25, 0.3) is 11.4 Å². The first-order valence-corrected chi connectivity index (χ1v) is 9.68. The van der Waals surface area contributed by atoms with Crippen LogP contribution in [-0.2, 0) is 9.59 Å². The van der Waals surface area contributed by atoms with Crippen molar-refractivity contribution in [3.05, 3.63) is 54.0 Å². The maximum Gasteiger partial charge on any atom is 0.238 e. The number of carbonyl (C=O) groups is 2. The number of nitrogens with zero attached hydrogens (tertiary/aromatic N) is 2. The third-order valence-electron chi connectivity index (χ3n) is 3.76. The zero-order chi connectivity index (χ0) is 17.9. The molecule has 3 aromatic rings. The molecule has 26 heavy (non-hydrogen) atoms. The molecule has 1 aliphatic heterocycles. The molecule has 0 radical (unpaired) electrons. The number of pyridine rings is 1. The molecule has 4 rings (SSSR count). The largest absolute Gasteiger partial charge is 0.324 e. The molecular formula is C18H14N4O2S2. The van der Waals surface area contributed by atoms with E-state index in [1.54, 1.807) is 6.20 Å². The Balaban J connectivity index is 1.40. The second-order valence-electron chi connectivity index (χ2n) is 5.60. The number of anilines is 2. The van der Waals surface area contributed by atoms with E-state index in [1.807, 2.05) is 47.8 Å². The summed E-state index contributed by atoms with van der Waals surface area (Å²) in [7, 11) is 0. The van der Waals surface area contributed by atoms with E-state index in [9.17, 15) is 9.59 Å². The number of rotatable bonds is 4. The minimum absolute atomic E-state index is 0.0866. The SMILES string of the molecule is O=C(C[C@H]1Sc2ccccc2NC1=O)Nc1nc(-c2ccccn2)cs1. The fraction of sp³-hybridized carbons (Fsp3) is 0.111. The van der Waals surface area contributed by atoms with Gasteiger partial charge in [-0.1, -0.05) is 18.2 Å². The Morgan fingerprint density at radius 2 is 2.00 bits per heavy atom. The fourth-order valence-electron chi connectivity index (χ4n) is 2.53. The van der Waals surface area contributed by atoms with Crippen LogP contribution in [0.2, 0.25) is 0 Å². The van der Waals surface area contributed by atoms with Crippen molar-refractivity contribution in [2.75, 3.05) is 10.6 Å². The number of hydrogen-bond acceptors (Lipinski definition) is 6. The van der Waals surface area contributed by atoms with Crippen LogP contribution in [0.5, 0.6) is 0 Å². The molecule has 0 saturated carbocycles. The molecule has 0 saturated heterocycles. The topological polar surface area (TPSA) is 84.0 Å². The number of para-hydroxylation sites is 1. The zero-order valence-electron chi connectivity index (χ0n) is 13.5. The number of aromatic nitrogens is 2. The second-order valence-corrected chi connectivity index (χ2v) is 7.70. The van der Waals surface area contributed by atoms with E-state index in [0.717, 1.165) is 16.3 Å². The van der Waals surface area contributed by atoms with Crippen molar-refractivity contribution >= 4 is 45.7 Å². The van der Waals surface area contributed by atoms with E-state index >= 15 is 0 Å². The maximum absolute atomic E-state index is 12.3. The van der Waals surface area contributed by atoms with Gasteiger partial charge in [-0.15, -0.1) is 23.1 Å². The first-order chi connectivity index (χ1) is 12.7. The number of amides is 2. The Kier molecular flexibility index (Phi) is 4.68. The van der Waals surface area contributed by atoms with Crippen molar-refractivity contribution in [3.63, 3.8) is 0 Å². The van der Waals surface area contributed by atoms with E-state index in [1.165, 1.54) is 23.1 Å². The number of thioether (sulfide) groups is 1. The molecule has 0 unspecified atom stereocenters. The second kappa shape index (κ2) is 7.27. The Morgan fingerprint density at radius 3 is 2.85 bits per heavy atom. The van der Waals surface area contributed by atoms with E-state index in [-0.39, 0.29) is 18.2 Å². The van der Waals surface area contributed by atoms with Crippen molar-refractivity contribution < 1.29 is 9.59 Å². The molecule has 0 fully saturated rings. The average molecular weight is 382 g/mol. The molecule has 2 N–H and O–H groups in total. The van der Waals surface area contributed by atoms with Gasteiger partial charge in [-0.3, -0.25) is 14.6 Å². The van der Waals surface area contributed by atoms with Crippen molar-refractivity contribution in [3.8, 4) is 11.4 Å². The molecule has 8 heteroatoms. The summed E-state index contributed by atoms with van der Waals surface area (Å²) in [5, 5.41) is 7.50. The summed E-state index contributed by atoms with van der Waals surface area (Å²) in [6.45, 7) is 0. The van der Waals surface area contributed by atoms with E-state index in [2.05, 4.69) is 20.6 Å². The lowest BCUT2D eigenvalue weighted by atomic mass is 10.2. The summed E-state index contributed by atoms with van der Waals surface area (Å²) >= 11 is 2.74. The van der Waals surface area contributed by atoms with Crippen LogP contribution in [0.3, 0.4) is 0 Å². The number of thiazole rings is 1. The zero-order valence-corrected chi connectivity index (χ0v) is 15.1. The summed E-state index contributed by atoms with van der Waals surface area (Å²) in [5.41, 5.74) is 2.26. The van der Waals surface area contributed by atoms with Crippen LogP contribution < -0.4 is 10.6 Å². The van der Waals surface area contributed by atoms with Crippen LogP contribution in [-0.4, -0.2) is 27.0 Å². The van der Waals surface area contributed by atoms with Gasteiger partial charge in [-0.25, -0.2) is 4.98 Å². The highest BCUT2D eigenvalue weighted by molar-refractivity contribution is 8.01. The first kappa shape index (κ1) is 16.7. The molecular weight excluding hydrogens is 368 g/mol. The summed E-state index contributed by atoms with van der Waals surface area (Å²) in [6.07, 6.45) is 1.78. The van der Waals surface area contributed by atoms with Crippen molar-refractivity contribution in [1.29, 1.82) is 0 Å². The lowest BCUT2D eigenvalue weighted by molar-refractivity contribution is -0.120. The predicted molar refractivity (Wildman–Crippen MR) is 103 cm³/mol. The van der Waals surface area contributed by atoms with Crippen LogP contribution in [0.1, 0.15) is 6.42 Å². The van der Waals surface area contributed by atoms with E-state index < -0.39 is 5.25 Å². The highest BCUT2D eigenvalue weighted by Gasteiger charge is 2.29. The molecule has 0 aliphatic carbocycles. The number of hydrogen-bond donors (Lipinski definition) is 2. The molecule has 0 bridgehead atoms. The minimum Gasteiger partial charge on any atom is -0.324 e. The number of benzene rings is 1. The summed E-state index contributed by atoms with van der Waals surface area (Å²) in [5.74, 6) is -0.392. The van der Waals surface area contributed by atoms with Gasteiger partial charge in [0, 0.05) is 22.9 Å². The van der Waals surface area contributed by atoms with Crippen molar-refractivity contribution in [2.24, 2.45) is 0 Å². The van der Waals surface area contributed by atoms with Gasteiger partial charge in [0.25, 0.3) is 0 Å². The maximum atomic E-state index is 12.3. The number of nitrogens with one attached hydrogen (secondary N) is 2.